The van der Waals surface area contributed by atoms with Crippen molar-refractivity contribution in [2.45, 2.75) is 0 Å². The summed E-state index contributed by atoms with van der Waals surface area (Å²) in [5, 5.41) is 4.88. The fourth-order valence-electron chi connectivity index (χ4n) is 13.7. The van der Waals surface area contributed by atoms with Crippen molar-refractivity contribution in [1.29, 1.82) is 0 Å². The maximum Gasteiger partial charge on any atom is 0.0540 e. The topological polar surface area (TPSA) is 13.0 Å². The molecule has 0 bridgehead atoms. The van der Waals surface area contributed by atoms with E-state index in [9.17, 15) is 0 Å². The molecule has 0 saturated carbocycles. The quantitative estimate of drug-likeness (QED) is 0.0901. The predicted octanol–water partition coefficient (Wildman–Crippen LogP) is 27.9. The zero-order chi connectivity index (χ0) is 68.2. The summed E-state index contributed by atoms with van der Waals surface area (Å²) in [7, 11) is 0. The lowest BCUT2D eigenvalue weighted by atomic mass is 10.00. The standard InChI is InChI=1S/C52H38N2.C46H34N2/c1-4-13-39(14-5-1)41-23-25-42(26-24-41)44-29-33-48(34-30-44)53(47-31-27-43(28-32-47)40-15-6-2-7-16-40)49-35-37-50(38-36-49)54(46-19-8-3-9-20-46)52-22-12-18-45-17-10-11-21-51(45)52;1-4-12-35(13-5-1)38-20-25-42(26-21-38)47(43-27-22-39(23-28-43)36-14-6-2-7-15-36)44-30-32-45(33-31-44)48(41-18-8-3-9-19-41)46-29-24-37-16-10-11-17-40(37)34-46/h1-38H;1-34H. The summed E-state index contributed by atoms with van der Waals surface area (Å²) in [6, 6.07) is 156. The van der Waals surface area contributed by atoms with Crippen molar-refractivity contribution in [2.75, 3.05) is 19.6 Å². The van der Waals surface area contributed by atoms with Gasteiger partial charge in [0.25, 0.3) is 0 Å². The van der Waals surface area contributed by atoms with Gasteiger partial charge in [0.1, 0.15) is 0 Å². The monoisotopic (exact) mass is 1300 g/mol. The third kappa shape index (κ3) is 13.9. The van der Waals surface area contributed by atoms with Crippen molar-refractivity contribution >= 4 is 89.8 Å². The van der Waals surface area contributed by atoms with Gasteiger partial charge in [0, 0.05) is 67.9 Å². The van der Waals surface area contributed by atoms with E-state index in [1.165, 1.54) is 77.2 Å². The van der Waals surface area contributed by atoms with Crippen molar-refractivity contribution in [3.8, 4) is 55.6 Å². The Labute approximate surface area is 598 Å². The van der Waals surface area contributed by atoms with Crippen molar-refractivity contribution < 1.29 is 0 Å². The van der Waals surface area contributed by atoms with E-state index in [1.54, 1.807) is 0 Å². The summed E-state index contributed by atoms with van der Waals surface area (Å²) in [5.74, 6) is 0. The van der Waals surface area contributed by atoms with Gasteiger partial charge in [-0.15, -0.1) is 0 Å². The van der Waals surface area contributed by atoms with Crippen LogP contribution in [-0.2, 0) is 0 Å². The highest BCUT2D eigenvalue weighted by molar-refractivity contribution is 5.99. The molecular weight excluding hydrogens is 1230 g/mol. The third-order valence-corrected chi connectivity index (χ3v) is 18.9. The van der Waals surface area contributed by atoms with Crippen LogP contribution in [0.25, 0.3) is 77.2 Å². The van der Waals surface area contributed by atoms with Gasteiger partial charge in [-0.2, -0.15) is 0 Å². The first-order chi connectivity index (χ1) is 50.6. The van der Waals surface area contributed by atoms with E-state index in [4.69, 9.17) is 0 Å². The molecule has 17 aromatic rings. The zero-order valence-corrected chi connectivity index (χ0v) is 56.4. The van der Waals surface area contributed by atoms with Crippen LogP contribution in [0.15, 0.2) is 437 Å². The van der Waals surface area contributed by atoms with E-state index in [-0.39, 0.29) is 0 Å². The third-order valence-electron chi connectivity index (χ3n) is 18.9. The van der Waals surface area contributed by atoms with E-state index in [2.05, 4.69) is 456 Å². The molecule has 0 aliphatic heterocycles. The van der Waals surface area contributed by atoms with Gasteiger partial charge in [0.05, 0.1) is 5.69 Å². The number of fused-ring (bicyclic) bond motifs is 2. The molecule has 0 saturated heterocycles. The molecule has 4 heteroatoms. The Bertz CT molecular complexity index is 5460. The van der Waals surface area contributed by atoms with Crippen LogP contribution in [0, 0.1) is 0 Å². The van der Waals surface area contributed by atoms with Crippen LogP contribution in [0.5, 0.6) is 0 Å². The lowest BCUT2D eigenvalue weighted by Gasteiger charge is -2.29. The first kappa shape index (κ1) is 63.2. The van der Waals surface area contributed by atoms with E-state index in [1.807, 2.05) is 0 Å². The Morgan fingerprint density at radius 2 is 0.333 bits per heavy atom. The summed E-state index contributed by atoms with van der Waals surface area (Å²) in [5.41, 5.74) is 25.3. The Balaban J connectivity index is 0.000000159. The Kier molecular flexibility index (Phi) is 18.4. The van der Waals surface area contributed by atoms with Crippen LogP contribution in [0.4, 0.5) is 68.2 Å². The Hall–Kier alpha value is -13.5. The molecular formula is C98H72N4. The molecule has 0 aromatic heterocycles. The molecule has 0 heterocycles. The van der Waals surface area contributed by atoms with Gasteiger partial charge in [0.2, 0.25) is 0 Å². The Morgan fingerprint density at radius 3 is 0.686 bits per heavy atom. The van der Waals surface area contributed by atoms with Crippen molar-refractivity contribution in [3.05, 3.63) is 437 Å². The lowest BCUT2D eigenvalue weighted by Crippen LogP contribution is -2.12. The van der Waals surface area contributed by atoms with Crippen LogP contribution in [0.1, 0.15) is 0 Å². The number of nitrogens with zero attached hydrogens (tertiary/aromatic N) is 4. The lowest BCUT2D eigenvalue weighted by molar-refractivity contribution is 1.26. The molecule has 0 aliphatic rings. The maximum atomic E-state index is 2.35. The molecule has 0 fully saturated rings. The molecule has 0 amide bonds. The molecule has 4 nitrogen and oxygen atoms in total. The second-order valence-corrected chi connectivity index (χ2v) is 25.3. The molecule has 0 radical (unpaired) electrons. The van der Waals surface area contributed by atoms with Crippen molar-refractivity contribution in [2.24, 2.45) is 0 Å². The molecule has 0 aliphatic carbocycles. The zero-order valence-electron chi connectivity index (χ0n) is 56.4. The van der Waals surface area contributed by atoms with Gasteiger partial charge in [-0.1, -0.05) is 297 Å². The van der Waals surface area contributed by atoms with Crippen LogP contribution in [0.3, 0.4) is 0 Å². The number of hydrogen-bond donors (Lipinski definition) is 0. The van der Waals surface area contributed by atoms with Gasteiger partial charge < -0.3 is 19.6 Å². The first-order valence-electron chi connectivity index (χ1n) is 34.8. The van der Waals surface area contributed by atoms with E-state index < -0.39 is 0 Å². The predicted molar refractivity (Wildman–Crippen MR) is 434 cm³/mol. The number of anilines is 12. The summed E-state index contributed by atoms with van der Waals surface area (Å²) in [6.07, 6.45) is 0. The van der Waals surface area contributed by atoms with Crippen LogP contribution >= 0.6 is 0 Å². The molecule has 484 valence electrons. The molecule has 17 aromatic carbocycles. The molecule has 0 N–H and O–H groups in total. The first-order valence-corrected chi connectivity index (χ1v) is 34.8. The SMILES string of the molecule is c1ccc(-c2ccc(-c3ccc(N(c4ccc(-c5ccccc5)cc4)c4ccc(N(c5ccccc5)c5cccc6ccccc56)cc4)cc3)cc2)cc1.c1ccc(-c2ccc(N(c3ccc(-c4ccccc4)cc3)c3ccc(N(c4ccccc4)c4ccc5ccccc5c4)cc3)cc2)cc1. The van der Waals surface area contributed by atoms with E-state index in [0.29, 0.717) is 0 Å². The van der Waals surface area contributed by atoms with Crippen LogP contribution in [-0.4, -0.2) is 0 Å². The minimum Gasteiger partial charge on any atom is -0.311 e. The summed E-state index contributed by atoms with van der Waals surface area (Å²) >= 11 is 0. The maximum absolute atomic E-state index is 2.35. The van der Waals surface area contributed by atoms with E-state index >= 15 is 0 Å². The molecule has 102 heavy (non-hydrogen) atoms. The second kappa shape index (κ2) is 29.7. The van der Waals surface area contributed by atoms with Crippen molar-refractivity contribution in [3.63, 3.8) is 0 Å². The van der Waals surface area contributed by atoms with E-state index in [0.717, 1.165) is 68.2 Å². The highest BCUT2D eigenvalue weighted by atomic mass is 15.2. The van der Waals surface area contributed by atoms with Crippen LogP contribution < -0.4 is 19.6 Å². The van der Waals surface area contributed by atoms with Crippen LogP contribution in [0.2, 0.25) is 0 Å². The number of hydrogen-bond acceptors (Lipinski definition) is 4. The molecule has 0 atom stereocenters. The molecule has 0 unspecified atom stereocenters. The largest absolute Gasteiger partial charge is 0.311 e. The van der Waals surface area contributed by atoms with Gasteiger partial charge in [0.15, 0.2) is 0 Å². The fourth-order valence-corrected chi connectivity index (χ4v) is 13.7. The van der Waals surface area contributed by atoms with Gasteiger partial charge >= 0.3 is 0 Å². The average molecular weight is 1310 g/mol. The highest BCUT2D eigenvalue weighted by Gasteiger charge is 2.21. The molecule has 0 spiro atoms. The number of benzene rings is 17. The number of para-hydroxylation sites is 2. The minimum atomic E-state index is 1.08. The highest BCUT2D eigenvalue weighted by Crippen LogP contribution is 2.45. The second-order valence-electron chi connectivity index (χ2n) is 25.3. The van der Waals surface area contributed by atoms with Gasteiger partial charge in [-0.25, -0.2) is 0 Å². The normalized spacial score (nSPS) is 10.9. The summed E-state index contributed by atoms with van der Waals surface area (Å²) in [4.78, 5) is 9.34. The summed E-state index contributed by atoms with van der Waals surface area (Å²) < 4.78 is 0. The average Bonchev–Trinajstić information content (AvgIpc) is 0.814. The number of rotatable bonds is 17. The Morgan fingerprint density at radius 1 is 0.118 bits per heavy atom. The van der Waals surface area contributed by atoms with Gasteiger partial charge in [-0.05, 0) is 211 Å². The fraction of sp³-hybridized carbons (Fsp3) is 0. The van der Waals surface area contributed by atoms with Gasteiger partial charge in [-0.3, -0.25) is 0 Å². The minimum absolute atomic E-state index is 1.08. The smallest absolute Gasteiger partial charge is 0.0540 e. The van der Waals surface area contributed by atoms with Crippen molar-refractivity contribution in [1.82, 2.24) is 0 Å². The summed E-state index contributed by atoms with van der Waals surface area (Å²) in [6.45, 7) is 0. The molecule has 17 rings (SSSR count).